The fourth-order valence-corrected chi connectivity index (χ4v) is 2.67. The van der Waals surface area contributed by atoms with Gasteiger partial charge in [0.05, 0.1) is 6.10 Å². The Balaban J connectivity index is 2.13. The molecule has 1 aliphatic carbocycles. The van der Waals surface area contributed by atoms with E-state index in [1.54, 1.807) is 0 Å². The molecule has 90 valence electrons. The molecule has 1 rings (SSSR count). The molecular formula is C13H27NO. The van der Waals surface area contributed by atoms with Gasteiger partial charge in [-0.1, -0.05) is 32.6 Å². The summed E-state index contributed by atoms with van der Waals surface area (Å²) in [5.74, 6) is 0.887. The zero-order valence-corrected chi connectivity index (χ0v) is 10.4. The van der Waals surface area contributed by atoms with E-state index in [2.05, 4.69) is 18.9 Å². The molecule has 0 aromatic carbocycles. The summed E-state index contributed by atoms with van der Waals surface area (Å²) in [7, 11) is 2.15. The van der Waals surface area contributed by atoms with Gasteiger partial charge in [0.25, 0.3) is 0 Å². The molecule has 0 spiro atoms. The smallest absolute Gasteiger partial charge is 0.0666 e. The first-order chi connectivity index (χ1) is 7.22. The first-order valence-corrected chi connectivity index (χ1v) is 6.59. The standard InChI is InChI=1S/C13H27NO/c1-3-7-13(15)11-14(2)10-12-8-5-4-6-9-12/h12-13,15H,3-11H2,1-2H3. The summed E-state index contributed by atoms with van der Waals surface area (Å²) in [5, 5.41) is 9.71. The van der Waals surface area contributed by atoms with Gasteiger partial charge in [0.15, 0.2) is 0 Å². The number of hydrogen-bond acceptors (Lipinski definition) is 2. The Bertz CT molecular complexity index is 155. The maximum absolute atomic E-state index is 9.71. The van der Waals surface area contributed by atoms with Crippen LogP contribution in [-0.4, -0.2) is 36.2 Å². The van der Waals surface area contributed by atoms with Gasteiger partial charge < -0.3 is 10.0 Å². The summed E-state index contributed by atoms with van der Waals surface area (Å²) < 4.78 is 0. The lowest BCUT2D eigenvalue weighted by atomic mass is 9.89. The van der Waals surface area contributed by atoms with E-state index in [4.69, 9.17) is 0 Å². The molecule has 15 heavy (non-hydrogen) atoms. The van der Waals surface area contributed by atoms with E-state index in [0.717, 1.165) is 25.3 Å². The average Bonchev–Trinajstić information content (AvgIpc) is 2.19. The Morgan fingerprint density at radius 2 is 1.93 bits per heavy atom. The molecule has 0 aromatic rings. The predicted octanol–water partition coefficient (Wildman–Crippen LogP) is 2.66. The van der Waals surface area contributed by atoms with Crippen molar-refractivity contribution >= 4 is 0 Å². The van der Waals surface area contributed by atoms with Crippen LogP contribution in [0.1, 0.15) is 51.9 Å². The van der Waals surface area contributed by atoms with Gasteiger partial charge in [-0.15, -0.1) is 0 Å². The number of aliphatic hydroxyl groups is 1. The number of rotatable bonds is 6. The molecule has 0 bridgehead atoms. The molecule has 0 saturated heterocycles. The molecule has 0 aromatic heterocycles. The molecule has 1 fully saturated rings. The maximum Gasteiger partial charge on any atom is 0.0666 e. The molecule has 0 amide bonds. The molecule has 0 heterocycles. The van der Waals surface area contributed by atoms with Crippen LogP contribution in [0.2, 0.25) is 0 Å². The van der Waals surface area contributed by atoms with Crippen LogP contribution in [0.5, 0.6) is 0 Å². The number of hydrogen-bond donors (Lipinski definition) is 1. The quantitative estimate of drug-likeness (QED) is 0.733. The van der Waals surface area contributed by atoms with Crippen LogP contribution in [0.3, 0.4) is 0 Å². The van der Waals surface area contributed by atoms with Crippen molar-refractivity contribution in [2.24, 2.45) is 5.92 Å². The van der Waals surface area contributed by atoms with Crippen molar-refractivity contribution in [1.82, 2.24) is 4.90 Å². The summed E-state index contributed by atoms with van der Waals surface area (Å²) >= 11 is 0. The lowest BCUT2D eigenvalue weighted by Gasteiger charge is -2.28. The zero-order chi connectivity index (χ0) is 11.1. The Labute approximate surface area is 94.7 Å². The second-order valence-corrected chi connectivity index (χ2v) is 5.17. The van der Waals surface area contributed by atoms with Crippen LogP contribution >= 0.6 is 0 Å². The largest absolute Gasteiger partial charge is 0.392 e. The highest BCUT2D eigenvalue weighted by molar-refractivity contribution is 4.70. The molecule has 1 unspecified atom stereocenters. The van der Waals surface area contributed by atoms with Gasteiger partial charge in [0, 0.05) is 13.1 Å². The topological polar surface area (TPSA) is 23.5 Å². The first kappa shape index (κ1) is 13.0. The van der Waals surface area contributed by atoms with Gasteiger partial charge in [-0.05, 0) is 32.2 Å². The van der Waals surface area contributed by atoms with Crippen molar-refractivity contribution in [3.05, 3.63) is 0 Å². The van der Waals surface area contributed by atoms with Gasteiger partial charge in [0.2, 0.25) is 0 Å². The molecule has 2 heteroatoms. The predicted molar refractivity (Wildman–Crippen MR) is 65.0 cm³/mol. The highest BCUT2D eigenvalue weighted by Crippen LogP contribution is 2.24. The minimum Gasteiger partial charge on any atom is -0.392 e. The van der Waals surface area contributed by atoms with E-state index in [9.17, 15) is 5.11 Å². The molecule has 0 aliphatic heterocycles. The fourth-order valence-electron chi connectivity index (χ4n) is 2.67. The summed E-state index contributed by atoms with van der Waals surface area (Å²) in [6.45, 7) is 4.16. The van der Waals surface area contributed by atoms with Gasteiger partial charge in [0.1, 0.15) is 0 Å². The molecule has 1 N–H and O–H groups in total. The molecular weight excluding hydrogens is 186 g/mol. The van der Waals surface area contributed by atoms with Crippen molar-refractivity contribution in [2.45, 2.75) is 58.0 Å². The van der Waals surface area contributed by atoms with E-state index >= 15 is 0 Å². The van der Waals surface area contributed by atoms with Crippen molar-refractivity contribution in [1.29, 1.82) is 0 Å². The molecule has 2 nitrogen and oxygen atoms in total. The van der Waals surface area contributed by atoms with Crippen molar-refractivity contribution < 1.29 is 5.11 Å². The second kappa shape index (κ2) is 7.24. The lowest BCUT2D eigenvalue weighted by Crippen LogP contribution is -2.33. The van der Waals surface area contributed by atoms with E-state index in [1.807, 2.05) is 0 Å². The molecule has 1 atom stereocenters. The Hall–Kier alpha value is -0.0800. The number of aliphatic hydroxyl groups excluding tert-OH is 1. The summed E-state index contributed by atoms with van der Waals surface area (Å²) in [4.78, 5) is 2.32. The minimum atomic E-state index is -0.122. The van der Waals surface area contributed by atoms with E-state index in [1.165, 1.54) is 38.6 Å². The maximum atomic E-state index is 9.71. The Morgan fingerprint density at radius 1 is 1.27 bits per heavy atom. The van der Waals surface area contributed by atoms with Crippen LogP contribution in [-0.2, 0) is 0 Å². The Morgan fingerprint density at radius 3 is 2.53 bits per heavy atom. The van der Waals surface area contributed by atoms with Crippen molar-refractivity contribution in [3.63, 3.8) is 0 Å². The number of nitrogens with zero attached hydrogens (tertiary/aromatic N) is 1. The Kier molecular flexibility index (Phi) is 6.26. The zero-order valence-electron chi connectivity index (χ0n) is 10.4. The van der Waals surface area contributed by atoms with Gasteiger partial charge in [-0.3, -0.25) is 0 Å². The fraction of sp³-hybridized carbons (Fsp3) is 1.00. The minimum absolute atomic E-state index is 0.122. The van der Waals surface area contributed by atoms with Crippen LogP contribution in [0, 0.1) is 5.92 Å². The molecule has 0 radical (unpaired) electrons. The highest BCUT2D eigenvalue weighted by atomic mass is 16.3. The third kappa shape index (κ3) is 5.53. The van der Waals surface area contributed by atoms with Crippen LogP contribution < -0.4 is 0 Å². The van der Waals surface area contributed by atoms with Crippen LogP contribution in [0.15, 0.2) is 0 Å². The molecule has 1 saturated carbocycles. The van der Waals surface area contributed by atoms with Gasteiger partial charge in [-0.25, -0.2) is 0 Å². The third-order valence-electron chi connectivity index (χ3n) is 3.44. The lowest BCUT2D eigenvalue weighted by molar-refractivity contribution is 0.105. The van der Waals surface area contributed by atoms with Crippen LogP contribution in [0.25, 0.3) is 0 Å². The van der Waals surface area contributed by atoms with Crippen LogP contribution in [0.4, 0.5) is 0 Å². The first-order valence-electron chi connectivity index (χ1n) is 6.59. The number of likely N-dealkylation sites (N-methyl/N-ethyl adjacent to an activating group) is 1. The third-order valence-corrected chi connectivity index (χ3v) is 3.44. The summed E-state index contributed by atoms with van der Waals surface area (Å²) in [6.07, 6.45) is 8.95. The van der Waals surface area contributed by atoms with E-state index in [0.29, 0.717) is 0 Å². The summed E-state index contributed by atoms with van der Waals surface area (Å²) in [5.41, 5.74) is 0. The van der Waals surface area contributed by atoms with E-state index < -0.39 is 0 Å². The van der Waals surface area contributed by atoms with Crippen molar-refractivity contribution in [2.75, 3.05) is 20.1 Å². The second-order valence-electron chi connectivity index (χ2n) is 5.17. The highest BCUT2D eigenvalue weighted by Gasteiger charge is 2.16. The van der Waals surface area contributed by atoms with Gasteiger partial charge in [-0.2, -0.15) is 0 Å². The molecule has 1 aliphatic rings. The summed E-state index contributed by atoms with van der Waals surface area (Å²) in [6, 6.07) is 0. The SMILES string of the molecule is CCCC(O)CN(C)CC1CCCCC1. The average molecular weight is 213 g/mol. The van der Waals surface area contributed by atoms with Crippen molar-refractivity contribution in [3.8, 4) is 0 Å². The van der Waals surface area contributed by atoms with E-state index in [-0.39, 0.29) is 6.10 Å². The van der Waals surface area contributed by atoms with Gasteiger partial charge >= 0.3 is 0 Å². The normalized spacial score (nSPS) is 20.8. The monoisotopic (exact) mass is 213 g/mol.